The third kappa shape index (κ3) is 5.12. The quantitative estimate of drug-likeness (QED) is 0.607. The molecule has 10 heteroatoms. The van der Waals surface area contributed by atoms with Crippen LogP contribution in [-0.2, 0) is 16.1 Å². The topological polar surface area (TPSA) is 84.5 Å². The van der Waals surface area contributed by atoms with Crippen LogP contribution in [0, 0.1) is 0 Å². The first-order valence-electron chi connectivity index (χ1n) is 8.52. The first-order chi connectivity index (χ1) is 13.7. The minimum absolute atomic E-state index is 0.0215. The minimum atomic E-state index is -0.574. The van der Waals surface area contributed by atoms with Gasteiger partial charge in [0.25, 0.3) is 0 Å². The van der Waals surface area contributed by atoms with Gasteiger partial charge >= 0.3 is 5.76 Å². The molecule has 2 aromatic carbocycles. The molecule has 7 nitrogen and oxygen atoms in total. The maximum absolute atomic E-state index is 12.4. The Morgan fingerprint density at radius 3 is 2.59 bits per heavy atom. The number of carbonyl (C=O) groups is 2. The monoisotopic (exact) mass is 455 g/mol. The van der Waals surface area contributed by atoms with Crippen molar-refractivity contribution in [3.63, 3.8) is 0 Å². The van der Waals surface area contributed by atoms with E-state index in [9.17, 15) is 14.4 Å². The van der Waals surface area contributed by atoms with E-state index in [0.717, 1.165) is 0 Å². The highest BCUT2D eigenvalue weighted by Crippen LogP contribution is 2.25. The Labute approximate surface area is 180 Å². The molecule has 0 fully saturated rings. The molecule has 0 spiro atoms. The van der Waals surface area contributed by atoms with Crippen molar-refractivity contribution >= 4 is 63.4 Å². The number of rotatable bonds is 6. The molecule has 0 aliphatic heterocycles. The number of nitrogens with one attached hydrogen (secondary N) is 1. The fourth-order valence-corrected chi connectivity index (χ4v) is 3.19. The largest absolute Gasteiger partial charge is 0.419 e. The Kier molecular flexibility index (Phi) is 6.52. The summed E-state index contributed by atoms with van der Waals surface area (Å²) in [6.45, 7) is -0.0409. The second-order valence-corrected chi connectivity index (χ2v) is 7.56. The average Bonchev–Trinajstić information content (AvgIpc) is 2.96. The predicted molar refractivity (Wildman–Crippen MR) is 113 cm³/mol. The van der Waals surface area contributed by atoms with Gasteiger partial charge in [0, 0.05) is 36.8 Å². The van der Waals surface area contributed by atoms with Crippen molar-refractivity contribution in [2.24, 2.45) is 0 Å². The number of anilines is 1. The second-order valence-electron chi connectivity index (χ2n) is 6.31. The number of aryl methyl sites for hydroxylation is 1. The van der Waals surface area contributed by atoms with Crippen molar-refractivity contribution in [2.75, 3.05) is 18.9 Å². The number of amides is 2. The van der Waals surface area contributed by atoms with E-state index in [-0.39, 0.29) is 31.3 Å². The maximum atomic E-state index is 12.4. The molecule has 0 radical (unpaired) electrons. The maximum Gasteiger partial charge on any atom is 0.419 e. The van der Waals surface area contributed by atoms with Gasteiger partial charge in [-0.2, -0.15) is 0 Å². The smallest absolute Gasteiger partial charge is 0.408 e. The number of hydrogen-bond donors (Lipinski definition) is 1. The molecule has 1 heterocycles. The fourth-order valence-electron chi connectivity index (χ4n) is 2.73. The number of fused-ring (bicyclic) bond motifs is 1. The van der Waals surface area contributed by atoms with Gasteiger partial charge in [-0.15, -0.1) is 0 Å². The molecule has 152 valence electrons. The highest BCUT2D eigenvalue weighted by molar-refractivity contribution is 6.42. The summed E-state index contributed by atoms with van der Waals surface area (Å²) >= 11 is 17.6. The van der Waals surface area contributed by atoms with Crippen molar-refractivity contribution in [1.82, 2.24) is 9.47 Å². The van der Waals surface area contributed by atoms with Crippen LogP contribution >= 0.6 is 34.8 Å². The third-order valence-electron chi connectivity index (χ3n) is 4.19. The van der Waals surface area contributed by atoms with Gasteiger partial charge in [-0.3, -0.25) is 14.2 Å². The molecule has 2 amide bonds. The van der Waals surface area contributed by atoms with Crippen molar-refractivity contribution in [2.45, 2.75) is 13.0 Å². The van der Waals surface area contributed by atoms with E-state index >= 15 is 0 Å². The summed E-state index contributed by atoms with van der Waals surface area (Å²) < 4.78 is 6.49. The van der Waals surface area contributed by atoms with Gasteiger partial charge in [-0.1, -0.05) is 34.8 Å². The molecule has 0 bridgehead atoms. The van der Waals surface area contributed by atoms with Crippen LogP contribution in [0.5, 0.6) is 0 Å². The Bertz CT molecular complexity index is 1140. The highest BCUT2D eigenvalue weighted by atomic mass is 35.5. The summed E-state index contributed by atoms with van der Waals surface area (Å²) in [6, 6.07) is 9.52. The molecule has 1 aromatic heterocycles. The number of halogens is 3. The Morgan fingerprint density at radius 2 is 1.86 bits per heavy atom. The van der Waals surface area contributed by atoms with E-state index < -0.39 is 5.76 Å². The average molecular weight is 457 g/mol. The molecule has 3 aromatic rings. The van der Waals surface area contributed by atoms with E-state index in [2.05, 4.69) is 5.32 Å². The lowest BCUT2D eigenvalue weighted by Crippen LogP contribution is -2.35. The summed E-state index contributed by atoms with van der Waals surface area (Å²) in [5.41, 5.74) is 1.37. The minimum Gasteiger partial charge on any atom is -0.408 e. The number of benzene rings is 2. The van der Waals surface area contributed by atoms with Crippen molar-refractivity contribution in [3.8, 4) is 0 Å². The van der Waals surface area contributed by atoms with Gasteiger partial charge in [0.1, 0.15) is 0 Å². The van der Waals surface area contributed by atoms with Gasteiger partial charge in [-0.05, 0) is 30.3 Å². The SMILES string of the molecule is CN(CC(=O)Nc1ccc(Cl)c(Cl)c1)C(=O)CCn1c(=O)oc2cc(Cl)ccc21. The molecule has 0 aliphatic carbocycles. The highest BCUT2D eigenvalue weighted by Gasteiger charge is 2.16. The van der Waals surface area contributed by atoms with Crippen LogP contribution in [0.15, 0.2) is 45.6 Å². The van der Waals surface area contributed by atoms with Gasteiger partial charge in [0.05, 0.1) is 22.1 Å². The van der Waals surface area contributed by atoms with Crippen LogP contribution in [-0.4, -0.2) is 34.9 Å². The molecule has 0 unspecified atom stereocenters. The lowest BCUT2D eigenvalue weighted by Gasteiger charge is -2.17. The molecule has 0 aliphatic rings. The summed E-state index contributed by atoms with van der Waals surface area (Å²) in [4.78, 5) is 37.8. The molecule has 29 heavy (non-hydrogen) atoms. The Hall–Kier alpha value is -2.48. The summed E-state index contributed by atoms with van der Waals surface area (Å²) in [5.74, 6) is -1.26. The molecule has 0 saturated carbocycles. The number of likely N-dealkylation sites (N-methyl/N-ethyl adjacent to an activating group) is 1. The zero-order chi connectivity index (χ0) is 21.1. The summed E-state index contributed by atoms with van der Waals surface area (Å²) in [7, 11) is 1.51. The van der Waals surface area contributed by atoms with Crippen LogP contribution in [0.2, 0.25) is 15.1 Å². The molecular weight excluding hydrogens is 441 g/mol. The zero-order valence-electron chi connectivity index (χ0n) is 15.2. The number of oxazole rings is 1. The Balaban J connectivity index is 1.58. The number of nitrogens with zero attached hydrogens (tertiary/aromatic N) is 2. The van der Waals surface area contributed by atoms with E-state index in [0.29, 0.717) is 31.9 Å². The van der Waals surface area contributed by atoms with E-state index in [4.69, 9.17) is 39.2 Å². The van der Waals surface area contributed by atoms with Crippen molar-refractivity contribution < 1.29 is 14.0 Å². The van der Waals surface area contributed by atoms with Crippen LogP contribution < -0.4 is 11.1 Å². The van der Waals surface area contributed by atoms with Crippen LogP contribution in [0.25, 0.3) is 11.1 Å². The first-order valence-corrected chi connectivity index (χ1v) is 9.66. The standard InChI is InChI=1S/C19H16Cl3N3O4/c1-24(10-17(26)23-12-3-4-13(21)14(22)9-12)18(27)6-7-25-15-5-2-11(20)8-16(15)29-19(25)28/h2-5,8-9H,6-7,10H2,1H3,(H,23,26). The molecule has 0 saturated heterocycles. The first kappa shape index (κ1) is 21.2. The van der Waals surface area contributed by atoms with E-state index in [1.54, 1.807) is 24.3 Å². The van der Waals surface area contributed by atoms with E-state index in [1.807, 2.05) is 0 Å². The van der Waals surface area contributed by atoms with Crippen LogP contribution in [0.1, 0.15) is 6.42 Å². The van der Waals surface area contributed by atoms with Gasteiger partial charge in [0.15, 0.2) is 5.58 Å². The fraction of sp³-hybridized carbons (Fsp3) is 0.211. The van der Waals surface area contributed by atoms with Crippen LogP contribution in [0.4, 0.5) is 5.69 Å². The van der Waals surface area contributed by atoms with Crippen LogP contribution in [0.3, 0.4) is 0 Å². The van der Waals surface area contributed by atoms with Crippen molar-refractivity contribution in [3.05, 3.63) is 62.0 Å². The zero-order valence-corrected chi connectivity index (χ0v) is 17.5. The second kappa shape index (κ2) is 8.90. The Morgan fingerprint density at radius 1 is 1.10 bits per heavy atom. The summed E-state index contributed by atoms with van der Waals surface area (Å²) in [5, 5.41) is 3.78. The van der Waals surface area contributed by atoms with Crippen molar-refractivity contribution in [1.29, 1.82) is 0 Å². The summed E-state index contributed by atoms with van der Waals surface area (Å²) in [6.07, 6.45) is 0.0215. The third-order valence-corrected chi connectivity index (χ3v) is 5.16. The number of aromatic nitrogens is 1. The molecule has 0 atom stereocenters. The molecule has 3 rings (SSSR count). The lowest BCUT2D eigenvalue weighted by molar-refractivity contribution is -0.133. The van der Waals surface area contributed by atoms with Gasteiger partial charge in [-0.25, -0.2) is 4.79 Å². The lowest BCUT2D eigenvalue weighted by atomic mass is 10.3. The number of hydrogen-bond acceptors (Lipinski definition) is 4. The molecule has 1 N–H and O–H groups in total. The normalized spacial score (nSPS) is 10.9. The van der Waals surface area contributed by atoms with Gasteiger partial charge < -0.3 is 14.6 Å². The van der Waals surface area contributed by atoms with Gasteiger partial charge in [0.2, 0.25) is 11.8 Å². The predicted octanol–water partition coefficient (Wildman–Crippen LogP) is 4.04. The van der Waals surface area contributed by atoms with E-state index in [1.165, 1.54) is 28.6 Å². The molecular formula is C19H16Cl3N3O4. The number of carbonyl (C=O) groups excluding carboxylic acids is 2.